The van der Waals surface area contributed by atoms with E-state index in [1.165, 1.54) is 27.6 Å². The molecule has 1 aliphatic heterocycles. The van der Waals surface area contributed by atoms with E-state index in [0.717, 1.165) is 6.42 Å². The molecule has 3 aromatic rings. The lowest BCUT2D eigenvalue weighted by Gasteiger charge is -2.38. The fraction of sp³-hybridized carbons (Fsp3) is 0.182. The quantitative estimate of drug-likeness (QED) is 0.592. The highest BCUT2D eigenvalue weighted by molar-refractivity contribution is 5.91. The van der Waals surface area contributed by atoms with Crippen LogP contribution in [0.4, 0.5) is 5.69 Å². The Morgan fingerprint density at radius 2 is 1.75 bits per heavy atom. The van der Waals surface area contributed by atoms with Crippen molar-refractivity contribution in [3.8, 4) is 5.75 Å². The van der Waals surface area contributed by atoms with Crippen molar-refractivity contribution in [1.29, 1.82) is 0 Å². The highest BCUT2D eigenvalue weighted by Crippen LogP contribution is 2.51. The summed E-state index contributed by atoms with van der Waals surface area (Å²) in [7, 11) is 0. The summed E-state index contributed by atoms with van der Waals surface area (Å²) in [6.45, 7) is 0. The van der Waals surface area contributed by atoms with Crippen LogP contribution in [0.1, 0.15) is 29.5 Å². The fourth-order valence-corrected chi connectivity index (χ4v) is 4.39. The van der Waals surface area contributed by atoms with Gasteiger partial charge in [0.15, 0.2) is 0 Å². The van der Waals surface area contributed by atoms with Gasteiger partial charge in [-0.2, -0.15) is 0 Å². The summed E-state index contributed by atoms with van der Waals surface area (Å²) < 4.78 is 0. The molecule has 118 valence electrons. The smallest absolute Gasteiger partial charge is 0.115 e. The second kappa shape index (κ2) is 5.13. The van der Waals surface area contributed by atoms with Crippen LogP contribution in [0, 0.1) is 5.92 Å². The van der Waals surface area contributed by atoms with Crippen molar-refractivity contribution in [3.63, 3.8) is 0 Å². The van der Waals surface area contributed by atoms with E-state index in [4.69, 9.17) is 0 Å². The number of fused-ring (bicyclic) bond motifs is 5. The maximum atomic E-state index is 9.59. The van der Waals surface area contributed by atoms with Crippen LogP contribution in [0.15, 0.2) is 72.8 Å². The van der Waals surface area contributed by atoms with E-state index < -0.39 is 0 Å². The van der Waals surface area contributed by atoms with Crippen molar-refractivity contribution in [2.45, 2.75) is 18.4 Å². The van der Waals surface area contributed by atoms with E-state index in [2.05, 4.69) is 53.9 Å². The zero-order chi connectivity index (χ0) is 16.1. The Morgan fingerprint density at radius 1 is 0.917 bits per heavy atom. The molecule has 1 aliphatic carbocycles. The fourth-order valence-electron chi connectivity index (χ4n) is 4.39. The van der Waals surface area contributed by atoms with Gasteiger partial charge in [-0.15, -0.1) is 0 Å². The molecule has 0 radical (unpaired) electrons. The molecule has 0 bridgehead atoms. The molecule has 2 heteroatoms. The van der Waals surface area contributed by atoms with Crippen LogP contribution in [0.2, 0.25) is 0 Å². The molecule has 0 unspecified atom stereocenters. The van der Waals surface area contributed by atoms with E-state index in [0.29, 0.717) is 17.6 Å². The van der Waals surface area contributed by atoms with Crippen LogP contribution in [0.3, 0.4) is 0 Å². The molecule has 0 aromatic heterocycles. The molecule has 3 aromatic carbocycles. The van der Waals surface area contributed by atoms with Crippen LogP contribution < -0.4 is 5.32 Å². The predicted molar refractivity (Wildman–Crippen MR) is 98.4 cm³/mol. The van der Waals surface area contributed by atoms with Gasteiger partial charge in [0.25, 0.3) is 0 Å². The minimum atomic E-state index is 0.277. The van der Waals surface area contributed by atoms with Crippen molar-refractivity contribution >= 4 is 16.5 Å². The molecule has 3 atom stereocenters. The molecule has 2 aliphatic rings. The lowest BCUT2D eigenvalue weighted by Crippen LogP contribution is -2.29. The zero-order valence-corrected chi connectivity index (χ0v) is 13.3. The maximum Gasteiger partial charge on any atom is 0.115 e. The van der Waals surface area contributed by atoms with Crippen molar-refractivity contribution in [2.75, 3.05) is 5.32 Å². The number of nitrogens with one attached hydrogen (secondary N) is 1. The SMILES string of the molecule is Oc1ccc([C@@H]2Nc3ccc4ccccc4c3[C@@H]3C=CC[C@H]32)cc1. The van der Waals surface area contributed by atoms with E-state index in [-0.39, 0.29) is 6.04 Å². The molecule has 0 amide bonds. The summed E-state index contributed by atoms with van der Waals surface area (Å²) in [4.78, 5) is 0. The lowest BCUT2D eigenvalue weighted by molar-refractivity contribution is 0.426. The van der Waals surface area contributed by atoms with Crippen molar-refractivity contribution in [3.05, 3.63) is 83.9 Å². The molecule has 0 fully saturated rings. The number of anilines is 1. The molecule has 0 saturated carbocycles. The average molecular weight is 313 g/mol. The molecule has 1 heterocycles. The van der Waals surface area contributed by atoms with Crippen LogP contribution in [0.5, 0.6) is 5.75 Å². The predicted octanol–water partition coefficient (Wildman–Crippen LogP) is 5.37. The molecule has 0 spiro atoms. The van der Waals surface area contributed by atoms with Crippen molar-refractivity contribution < 1.29 is 5.11 Å². The largest absolute Gasteiger partial charge is 0.508 e. The van der Waals surface area contributed by atoms with Gasteiger partial charge in [-0.1, -0.05) is 54.6 Å². The molecule has 2 nitrogen and oxygen atoms in total. The summed E-state index contributed by atoms with van der Waals surface area (Å²) in [5.74, 6) is 1.29. The van der Waals surface area contributed by atoms with Crippen LogP contribution >= 0.6 is 0 Å². The third kappa shape index (κ3) is 1.96. The van der Waals surface area contributed by atoms with Gasteiger partial charge in [0.2, 0.25) is 0 Å². The Morgan fingerprint density at radius 3 is 2.62 bits per heavy atom. The molecule has 5 rings (SSSR count). The number of rotatable bonds is 1. The average Bonchev–Trinajstić information content (AvgIpc) is 3.11. The number of hydrogen-bond donors (Lipinski definition) is 2. The second-order valence-electron chi connectivity index (χ2n) is 6.81. The van der Waals surface area contributed by atoms with Gasteiger partial charge in [-0.05, 0) is 52.4 Å². The first-order valence-electron chi connectivity index (χ1n) is 8.55. The van der Waals surface area contributed by atoms with Crippen LogP contribution in [-0.2, 0) is 0 Å². The molecule has 24 heavy (non-hydrogen) atoms. The Balaban J connectivity index is 1.67. The minimum absolute atomic E-state index is 0.277. The number of phenols is 1. The van der Waals surface area contributed by atoms with Gasteiger partial charge in [0.1, 0.15) is 5.75 Å². The monoisotopic (exact) mass is 313 g/mol. The standard InChI is InChI=1S/C22H19NO/c24-16-11-8-15(9-12-16)22-19-7-3-6-18(19)21-17-5-2-1-4-14(17)10-13-20(21)23-22/h1-6,8-13,18-19,22-24H,7H2/t18-,19-,22+/m1/s1. The van der Waals surface area contributed by atoms with E-state index in [9.17, 15) is 5.11 Å². The van der Waals surface area contributed by atoms with Gasteiger partial charge in [0.05, 0.1) is 6.04 Å². The number of phenolic OH excluding ortho intramolecular Hbond substituents is 1. The van der Waals surface area contributed by atoms with E-state index >= 15 is 0 Å². The first kappa shape index (κ1) is 13.7. The van der Waals surface area contributed by atoms with Gasteiger partial charge in [-0.25, -0.2) is 0 Å². The molecule has 0 saturated heterocycles. The van der Waals surface area contributed by atoms with Gasteiger partial charge >= 0.3 is 0 Å². The third-order valence-electron chi connectivity index (χ3n) is 5.51. The highest BCUT2D eigenvalue weighted by Gasteiger charge is 2.38. The minimum Gasteiger partial charge on any atom is -0.508 e. The Bertz CT molecular complexity index is 942. The van der Waals surface area contributed by atoms with Crippen LogP contribution in [0.25, 0.3) is 10.8 Å². The van der Waals surface area contributed by atoms with E-state index in [1.807, 2.05) is 12.1 Å². The van der Waals surface area contributed by atoms with Gasteiger partial charge < -0.3 is 10.4 Å². The Labute approximate surface area is 141 Å². The summed E-state index contributed by atoms with van der Waals surface area (Å²) in [5, 5.41) is 16.0. The van der Waals surface area contributed by atoms with E-state index in [1.54, 1.807) is 12.1 Å². The molecule has 2 N–H and O–H groups in total. The summed E-state index contributed by atoms with van der Waals surface area (Å²) in [6, 6.07) is 21.0. The normalized spacial score (nSPS) is 24.4. The molecular weight excluding hydrogens is 294 g/mol. The Hall–Kier alpha value is -2.74. The zero-order valence-electron chi connectivity index (χ0n) is 13.3. The van der Waals surface area contributed by atoms with Crippen molar-refractivity contribution in [1.82, 2.24) is 0 Å². The number of aromatic hydroxyl groups is 1. The van der Waals surface area contributed by atoms with Crippen molar-refractivity contribution in [2.24, 2.45) is 5.92 Å². The number of allylic oxidation sites excluding steroid dienone is 2. The van der Waals surface area contributed by atoms with Gasteiger partial charge in [0, 0.05) is 11.6 Å². The first-order valence-corrected chi connectivity index (χ1v) is 8.55. The summed E-state index contributed by atoms with van der Waals surface area (Å²) in [5.41, 5.74) is 3.91. The molecular formula is C22H19NO. The Kier molecular flexibility index (Phi) is 2.93. The number of hydrogen-bond acceptors (Lipinski definition) is 2. The summed E-state index contributed by atoms with van der Waals surface area (Å²) >= 11 is 0. The maximum absolute atomic E-state index is 9.59. The van der Waals surface area contributed by atoms with Gasteiger partial charge in [-0.3, -0.25) is 0 Å². The topological polar surface area (TPSA) is 32.3 Å². The second-order valence-corrected chi connectivity index (χ2v) is 6.81. The first-order chi connectivity index (χ1) is 11.8. The number of benzene rings is 3. The highest BCUT2D eigenvalue weighted by atomic mass is 16.3. The summed E-state index contributed by atoms with van der Waals surface area (Å²) in [6.07, 6.45) is 5.79. The third-order valence-corrected chi connectivity index (χ3v) is 5.51. The lowest BCUT2D eigenvalue weighted by atomic mass is 9.75. The van der Waals surface area contributed by atoms with Crippen LogP contribution in [-0.4, -0.2) is 5.11 Å².